The summed E-state index contributed by atoms with van der Waals surface area (Å²) in [5.74, 6) is -0.643. The molecule has 1 rings (SSSR count). The Bertz CT molecular complexity index is 373. The summed E-state index contributed by atoms with van der Waals surface area (Å²) in [6.45, 7) is 5.87. The van der Waals surface area contributed by atoms with Crippen molar-refractivity contribution in [1.29, 1.82) is 0 Å². The van der Waals surface area contributed by atoms with Gasteiger partial charge in [-0.2, -0.15) is 0 Å². The zero-order chi connectivity index (χ0) is 13.9. The van der Waals surface area contributed by atoms with Crippen LogP contribution >= 0.6 is 15.9 Å². The Morgan fingerprint density at radius 2 is 2.06 bits per heavy atom. The Balaban J connectivity index is 2.71. The van der Waals surface area contributed by atoms with Crippen LogP contribution in [0.5, 0.6) is 0 Å². The van der Waals surface area contributed by atoms with Gasteiger partial charge in [-0.25, -0.2) is 4.79 Å². The number of carbonyl (C=O) groups excluding carboxylic acids is 2. The van der Waals surface area contributed by atoms with Crippen LogP contribution in [0.25, 0.3) is 0 Å². The lowest BCUT2D eigenvalue weighted by Gasteiger charge is -2.29. The third-order valence-electron chi connectivity index (χ3n) is 2.38. The van der Waals surface area contributed by atoms with E-state index in [1.54, 1.807) is 6.20 Å². The number of nitrogens with zero attached hydrogens (tertiary/aromatic N) is 1. The Morgan fingerprint density at radius 1 is 1.44 bits per heavy atom. The maximum absolute atomic E-state index is 11.8. The highest BCUT2D eigenvalue weighted by Gasteiger charge is 2.30. The first kappa shape index (κ1) is 15.0. The van der Waals surface area contributed by atoms with Gasteiger partial charge in [-0.3, -0.25) is 9.69 Å². The van der Waals surface area contributed by atoms with Gasteiger partial charge in [0, 0.05) is 17.2 Å². The average Bonchev–Trinajstić information content (AvgIpc) is 2.25. The number of ether oxygens (including phenoxy) is 2. The van der Waals surface area contributed by atoms with E-state index in [4.69, 9.17) is 9.47 Å². The number of hydrogen-bond acceptors (Lipinski definition) is 4. The molecule has 0 radical (unpaired) electrons. The molecule has 0 N–H and O–H groups in total. The van der Waals surface area contributed by atoms with Crippen LogP contribution in [0.2, 0.25) is 0 Å². The predicted octanol–water partition coefficient (Wildman–Crippen LogP) is 2.65. The van der Waals surface area contributed by atoms with Crippen molar-refractivity contribution in [2.45, 2.75) is 32.8 Å². The fourth-order valence-corrected chi connectivity index (χ4v) is 2.21. The summed E-state index contributed by atoms with van der Waals surface area (Å²) < 4.78 is 10.6. The number of amides is 1. The lowest BCUT2D eigenvalue weighted by Crippen LogP contribution is -2.38. The fraction of sp³-hybridized carbons (Fsp3) is 0.667. The van der Waals surface area contributed by atoms with Crippen molar-refractivity contribution >= 4 is 28.0 Å². The minimum absolute atomic E-state index is 0.304. The first-order chi connectivity index (χ1) is 8.24. The molecule has 0 fully saturated rings. The summed E-state index contributed by atoms with van der Waals surface area (Å²) in [4.78, 5) is 24.7. The molecule has 0 aromatic rings. The third kappa shape index (κ3) is 4.01. The van der Waals surface area contributed by atoms with Gasteiger partial charge in [0.05, 0.1) is 13.0 Å². The number of rotatable bonds is 1. The molecule has 1 heterocycles. The van der Waals surface area contributed by atoms with Gasteiger partial charge in [-0.1, -0.05) is 15.9 Å². The molecule has 1 aliphatic heterocycles. The average molecular weight is 320 g/mol. The van der Waals surface area contributed by atoms with Crippen molar-refractivity contribution in [3.8, 4) is 0 Å². The van der Waals surface area contributed by atoms with E-state index < -0.39 is 11.7 Å². The van der Waals surface area contributed by atoms with Gasteiger partial charge in [-0.15, -0.1) is 0 Å². The van der Waals surface area contributed by atoms with Crippen LogP contribution in [0.15, 0.2) is 10.7 Å². The van der Waals surface area contributed by atoms with Crippen molar-refractivity contribution in [2.24, 2.45) is 5.92 Å². The van der Waals surface area contributed by atoms with Crippen molar-refractivity contribution < 1.29 is 19.1 Å². The molecule has 18 heavy (non-hydrogen) atoms. The minimum Gasteiger partial charge on any atom is -0.469 e. The summed E-state index contributed by atoms with van der Waals surface area (Å²) in [6.07, 6.45) is 1.69. The van der Waals surface area contributed by atoms with Crippen LogP contribution in [0, 0.1) is 5.92 Å². The van der Waals surface area contributed by atoms with Crippen LogP contribution in [0.1, 0.15) is 27.2 Å². The summed E-state index contributed by atoms with van der Waals surface area (Å²) >= 11 is 3.30. The number of esters is 1. The van der Waals surface area contributed by atoms with Crippen LogP contribution < -0.4 is 0 Å². The second-order valence-electron chi connectivity index (χ2n) is 5.05. The second kappa shape index (κ2) is 5.73. The lowest BCUT2D eigenvalue weighted by molar-refractivity contribution is -0.144. The molecule has 5 nitrogen and oxygen atoms in total. The van der Waals surface area contributed by atoms with Crippen LogP contribution in [-0.2, 0) is 14.3 Å². The topological polar surface area (TPSA) is 55.8 Å². The fourth-order valence-electron chi connectivity index (χ4n) is 1.55. The number of carbonyl (C=O) groups is 2. The SMILES string of the molecule is COC(=O)C1CCN(C(=O)OC(C)(C)C)C=C1Br. The number of halogens is 1. The lowest BCUT2D eigenvalue weighted by atomic mass is 10.0. The molecule has 1 amide bonds. The zero-order valence-corrected chi connectivity index (χ0v) is 12.6. The second-order valence-corrected chi connectivity index (χ2v) is 5.97. The molecule has 1 aliphatic rings. The molecule has 1 unspecified atom stereocenters. The van der Waals surface area contributed by atoms with E-state index in [-0.39, 0.29) is 11.9 Å². The van der Waals surface area contributed by atoms with Crippen LogP contribution in [-0.4, -0.2) is 36.2 Å². The van der Waals surface area contributed by atoms with E-state index in [9.17, 15) is 9.59 Å². The molecule has 0 bridgehead atoms. The number of hydrogen-bond donors (Lipinski definition) is 0. The van der Waals surface area contributed by atoms with E-state index >= 15 is 0 Å². The summed E-state index contributed by atoms with van der Waals surface area (Å²) in [5, 5.41) is 0. The Morgan fingerprint density at radius 3 is 2.50 bits per heavy atom. The highest BCUT2D eigenvalue weighted by Crippen LogP contribution is 2.28. The van der Waals surface area contributed by atoms with Crippen molar-refractivity contribution in [2.75, 3.05) is 13.7 Å². The molecule has 6 heteroatoms. The molecular weight excluding hydrogens is 302 g/mol. The molecule has 102 valence electrons. The maximum Gasteiger partial charge on any atom is 0.414 e. The van der Waals surface area contributed by atoms with Gasteiger partial charge in [0.1, 0.15) is 5.60 Å². The van der Waals surface area contributed by atoms with Gasteiger partial charge < -0.3 is 9.47 Å². The van der Waals surface area contributed by atoms with Crippen LogP contribution in [0.3, 0.4) is 0 Å². The molecule has 0 aromatic carbocycles. The Kier molecular flexibility index (Phi) is 4.78. The quantitative estimate of drug-likeness (QED) is 0.697. The number of methoxy groups -OCH3 is 1. The van der Waals surface area contributed by atoms with Crippen molar-refractivity contribution in [3.63, 3.8) is 0 Å². The molecule has 0 saturated heterocycles. The first-order valence-electron chi connectivity index (χ1n) is 5.69. The van der Waals surface area contributed by atoms with Gasteiger partial charge >= 0.3 is 12.1 Å². The zero-order valence-electron chi connectivity index (χ0n) is 11.0. The molecule has 1 atom stereocenters. The van der Waals surface area contributed by atoms with E-state index in [2.05, 4.69) is 15.9 Å². The Labute approximate surface area is 115 Å². The minimum atomic E-state index is -0.531. The monoisotopic (exact) mass is 319 g/mol. The first-order valence-corrected chi connectivity index (χ1v) is 6.48. The van der Waals surface area contributed by atoms with Gasteiger partial charge in [0.25, 0.3) is 0 Å². The third-order valence-corrected chi connectivity index (χ3v) is 3.14. The van der Waals surface area contributed by atoms with E-state index in [1.165, 1.54) is 12.0 Å². The van der Waals surface area contributed by atoms with Gasteiger partial charge in [0.2, 0.25) is 0 Å². The smallest absolute Gasteiger partial charge is 0.414 e. The van der Waals surface area contributed by atoms with Crippen molar-refractivity contribution in [3.05, 3.63) is 10.7 Å². The predicted molar refractivity (Wildman–Crippen MR) is 70.1 cm³/mol. The standard InChI is InChI=1S/C12H18BrNO4/c1-12(2,3)18-11(16)14-6-5-8(9(13)7-14)10(15)17-4/h7-8H,5-6H2,1-4H3. The summed E-state index contributed by atoms with van der Waals surface area (Å²) in [7, 11) is 1.35. The Hall–Kier alpha value is -1.04. The van der Waals surface area contributed by atoms with E-state index in [1.807, 2.05) is 20.8 Å². The largest absolute Gasteiger partial charge is 0.469 e. The highest BCUT2D eigenvalue weighted by atomic mass is 79.9. The molecule has 0 aromatic heterocycles. The van der Waals surface area contributed by atoms with E-state index in [0.717, 1.165) is 0 Å². The van der Waals surface area contributed by atoms with Gasteiger partial charge in [0.15, 0.2) is 0 Å². The van der Waals surface area contributed by atoms with Gasteiger partial charge in [-0.05, 0) is 27.2 Å². The maximum atomic E-state index is 11.8. The normalized spacial score (nSPS) is 20.2. The molecular formula is C12H18BrNO4. The highest BCUT2D eigenvalue weighted by molar-refractivity contribution is 9.11. The molecule has 0 spiro atoms. The molecule has 0 aliphatic carbocycles. The summed E-state index contributed by atoms with van der Waals surface area (Å²) in [5.41, 5.74) is -0.531. The van der Waals surface area contributed by atoms with Crippen LogP contribution in [0.4, 0.5) is 4.79 Å². The van der Waals surface area contributed by atoms with E-state index in [0.29, 0.717) is 17.4 Å². The summed E-state index contributed by atoms with van der Waals surface area (Å²) in [6, 6.07) is 0. The van der Waals surface area contributed by atoms with Crippen molar-refractivity contribution in [1.82, 2.24) is 4.90 Å². The molecule has 0 saturated carbocycles.